The normalized spacial score (nSPS) is 14.0. The predicted molar refractivity (Wildman–Crippen MR) is 110 cm³/mol. The zero-order valence-corrected chi connectivity index (χ0v) is 17.8. The van der Waals surface area contributed by atoms with E-state index < -0.39 is 24.0 Å². The summed E-state index contributed by atoms with van der Waals surface area (Å²) in [7, 11) is 1.31. The van der Waals surface area contributed by atoms with Crippen LogP contribution in [0.2, 0.25) is 0 Å². The van der Waals surface area contributed by atoms with Crippen molar-refractivity contribution < 1.29 is 19.1 Å². The van der Waals surface area contributed by atoms with Gasteiger partial charge in [-0.05, 0) is 31.7 Å². The molecule has 164 valence electrons. The van der Waals surface area contributed by atoms with Crippen molar-refractivity contribution in [1.82, 2.24) is 10.6 Å². The molecule has 0 aliphatic heterocycles. The third-order valence-electron chi connectivity index (χ3n) is 4.97. The second-order valence-electron chi connectivity index (χ2n) is 7.34. The fourth-order valence-electron chi connectivity index (χ4n) is 2.90. The minimum atomic E-state index is -0.721. The van der Waals surface area contributed by atoms with Crippen molar-refractivity contribution in [2.45, 2.75) is 83.7 Å². The summed E-state index contributed by atoms with van der Waals surface area (Å²) in [6, 6.07) is -1.43. The molecule has 0 fully saturated rings. The van der Waals surface area contributed by atoms with Crippen LogP contribution >= 0.6 is 0 Å². The van der Waals surface area contributed by atoms with E-state index in [-0.39, 0.29) is 12.5 Å². The monoisotopic (exact) mass is 400 g/mol. The van der Waals surface area contributed by atoms with Gasteiger partial charge < -0.3 is 26.8 Å². The number of amides is 2. The summed E-state index contributed by atoms with van der Waals surface area (Å²) in [5.41, 5.74) is 10.8. The molecular weight excluding hydrogens is 360 g/mol. The molecule has 8 heteroatoms. The Morgan fingerprint density at radius 3 is 2.07 bits per heavy atom. The molecule has 2 amide bonds. The topological polar surface area (TPSA) is 137 Å². The van der Waals surface area contributed by atoms with Crippen LogP contribution < -0.4 is 22.1 Å². The molecule has 3 unspecified atom stereocenters. The number of carbonyl (C=O) groups is 3. The summed E-state index contributed by atoms with van der Waals surface area (Å²) in [4.78, 5) is 36.4. The molecule has 8 nitrogen and oxygen atoms in total. The van der Waals surface area contributed by atoms with E-state index in [0.29, 0.717) is 25.3 Å². The van der Waals surface area contributed by atoms with Crippen LogP contribution in [-0.2, 0) is 19.1 Å². The number of esters is 1. The average Bonchev–Trinajstić information content (AvgIpc) is 2.70. The van der Waals surface area contributed by atoms with Crippen LogP contribution in [-0.4, -0.2) is 50.1 Å². The zero-order valence-electron chi connectivity index (χ0n) is 17.8. The molecule has 0 heterocycles. The van der Waals surface area contributed by atoms with E-state index in [0.717, 1.165) is 44.9 Å². The Labute approximate surface area is 169 Å². The van der Waals surface area contributed by atoms with Gasteiger partial charge in [0.15, 0.2) is 0 Å². The van der Waals surface area contributed by atoms with Crippen molar-refractivity contribution in [2.75, 3.05) is 20.2 Å². The zero-order chi connectivity index (χ0) is 21.4. The Morgan fingerprint density at radius 2 is 1.50 bits per heavy atom. The SMILES string of the molecule is CCC(C)CCCCC(NC(=O)C(CCCCCN)NC(=O)CN)C(=O)OC. The predicted octanol–water partition coefficient (Wildman–Crippen LogP) is 1.21. The van der Waals surface area contributed by atoms with Gasteiger partial charge >= 0.3 is 5.97 Å². The van der Waals surface area contributed by atoms with Crippen LogP contribution in [0.15, 0.2) is 0 Å². The third kappa shape index (κ3) is 11.9. The highest BCUT2D eigenvalue weighted by Crippen LogP contribution is 2.14. The smallest absolute Gasteiger partial charge is 0.328 e. The molecule has 0 saturated heterocycles. The molecule has 0 aromatic rings. The molecule has 0 radical (unpaired) electrons. The molecule has 0 aliphatic carbocycles. The van der Waals surface area contributed by atoms with Gasteiger partial charge in [-0.15, -0.1) is 0 Å². The molecule has 0 aliphatic rings. The van der Waals surface area contributed by atoms with Gasteiger partial charge in [0.2, 0.25) is 11.8 Å². The lowest BCUT2D eigenvalue weighted by molar-refractivity contribution is -0.145. The second kappa shape index (κ2) is 16.3. The van der Waals surface area contributed by atoms with Crippen molar-refractivity contribution in [3.05, 3.63) is 0 Å². The Hall–Kier alpha value is -1.67. The number of unbranched alkanes of at least 4 members (excludes halogenated alkanes) is 3. The largest absolute Gasteiger partial charge is 0.467 e. The highest BCUT2D eigenvalue weighted by Gasteiger charge is 2.26. The Balaban J connectivity index is 4.77. The van der Waals surface area contributed by atoms with Crippen LogP contribution in [0.4, 0.5) is 0 Å². The number of rotatable bonds is 16. The lowest BCUT2D eigenvalue weighted by Gasteiger charge is -2.22. The first-order valence-electron chi connectivity index (χ1n) is 10.5. The number of carbonyl (C=O) groups excluding carboxylic acids is 3. The van der Waals surface area contributed by atoms with Gasteiger partial charge in [0, 0.05) is 0 Å². The van der Waals surface area contributed by atoms with Crippen LogP contribution in [0.1, 0.15) is 71.6 Å². The summed E-state index contributed by atoms with van der Waals surface area (Å²) in [5.74, 6) is -0.603. The highest BCUT2D eigenvalue weighted by atomic mass is 16.5. The van der Waals surface area contributed by atoms with Gasteiger partial charge in [-0.3, -0.25) is 9.59 Å². The fourth-order valence-corrected chi connectivity index (χ4v) is 2.90. The quantitative estimate of drug-likeness (QED) is 0.227. The summed E-state index contributed by atoms with van der Waals surface area (Å²) in [6.45, 7) is 4.76. The van der Waals surface area contributed by atoms with Crippen LogP contribution in [0, 0.1) is 5.92 Å². The van der Waals surface area contributed by atoms with Gasteiger partial charge in [0.1, 0.15) is 12.1 Å². The standard InChI is InChI=1S/C20H40N4O4/c1-4-15(2)10-7-8-12-17(20(27)28-3)24-19(26)16(23-18(25)14-22)11-6-5-9-13-21/h15-17H,4-14,21-22H2,1-3H3,(H,23,25)(H,24,26). The highest BCUT2D eigenvalue weighted by molar-refractivity contribution is 5.91. The second-order valence-corrected chi connectivity index (χ2v) is 7.34. The average molecular weight is 401 g/mol. The molecule has 0 bridgehead atoms. The number of hydrogen-bond acceptors (Lipinski definition) is 6. The van der Waals surface area contributed by atoms with Crippen LogP contribution in [0.5, 0.6) is 0 Å². The first-order chi connectivity index (χ1) is 13.4. The van der Waals surface area contributed by atoms with E-state index in [1.165, 1.54) is 7.11 Å². The third-order valence-corrected chi connectivity index (χ3v) is 4.97. The van der Waals surface area contributed by atoms with Crippen molar-refractivity contribution in [3.8, 4) is 0 Å². The van der Waals surface area contributed by atoms with E-state index in [4.69, 9.17) is 16.2 Å². The Morgan fingerprint density at radius 1 is 0.893 bits per heavy atom. The first kappa shape index (κ1) is 26.3. The number of methoxy groups -OCH3 is 1. The number of ether oxygens (including phenoxy) is 1. The van der Waals surface area contributed by atoms with Gasteiger partial charge in [-0.2, -0.15) is 0 Å². The van der Waals surface area contributed by atoms with Gasteiger partial charge in [-0.25, -0.2) is 4.79 Å². The molecule has 28 heavy (non-hydrogen) atoms. The van der Waals surface area contributed by atoms with E-state index in [1.54, 1.807) is 0 Å². The number of hydrogen-bond donors (Lipinski definition) is 4. The maximum absolute atomic E-state index is 12.7. The van der Waals surface area contributed by atoms with E-state index in [1.807, 2.05) is 0 Å². The van der Waals surface area contributed by atoms with E-state index in [2.05, 4.69) is 24.5 Å². The molecule has 0 spiro atoms. The Bertz CT molecular complexity index is 459. The first-order valence-corrected chi connectivity index (χ1v) is 10.5. The van der Waals surface area contributed by atoms with Crippen molar-refractivity contribution >= 4 is 17.8 Å². The summed E-state index contributed by atoms with van der Waals surface area (Å²) < 4.78 is 4.83. The Kier molecular flexibility index (Phi) is 15.3. The molecule has 0 rings (SSSR count). The summed E-state index contributed by atoms with van der Waals surface area (Å²) in [5, 5.41) is 5.38. The van der Waals surface area contributed by atoms with Crippen molar-refractivity contribution in [1.29, 1.82) is 0 Å². The van der Waals surface area contributed by atoms with Gasteiger partial charge in [0.05, 0.1) is 13.7 Å². The molecular formula is C20H40N4O4. The molecule has 3 atom stereocenters. The number of nitrogens with one attached hydrogen (secondary N) is 2. The lowest BCUT2D eigenvalue weighted by Crippen LogP contribution is -2.52. The molecule has 6 N–H and O–H groups in total. The molecule has 0 saturated carbocycles. The fraction of sp³-hybridized carbons (Fsp3) is 0.850. The van der Waals surface area contributed by atoms with Gasteiger partial charge in [-0.1, -0.05) is 52.4 Å². The van der Waals surface area contributed by atoms with Crippen LogP contribution in [0.3, 0.4) is 0 Å². The minimum Gasteiger partial charge on any atom is -0.467 e. The molecule has 0 aromatic heterocycles. The minimum absolute atomic E-state index is 0.192. The van der Waals surface area contributed by atoms with Crippen molar-refractivity contribution in [3.63, 3.8) is 0 Å². The van der Waals surface area contributed by atoms with E-state index in [9.17, 15) is 14.4 Å². The van der Waals surface area contributed by atoms with Crippen molar-refractivity contribution in [2.24, 2.45) is 17.4 Å². The van der Waals surface area contributed by atoms with E-state index >= 15 is 0 Å². The lowest BCUT2D eigenvalue weighted by atomic mass is 9.99. The number of nitrogens with two attached hydrogens (primary N) is 2. The maximum atomic E-state index is 12.7. The van der Waals surface area contributed by atoms with Crippen LogP contribution in [0.25, 0.3) is 0 Å². The maximum Gasteiger partial charge on any atom is 0.328 e. The summed E-state index contributed by atoms with van der Waals surface area (Å²) in [6.07, 6.45) is 7.50. The van der Waals surface area contributed by atoms with Gasteiger partial charge in [0.25, 0.3) is 0 Å². The summed E-state index contributed by atoms with van der Waals surface area (Å²) >= 11 is 0. The molecule has 0 aromatic carbocycles.